The molecule has 3 nitrogen and oxygen atoms in total. The fourth-order valence-corrected chi connectivity index (χ4v) is 5.05. The normalized spacial score (nSPS) is 19.4. The summed E-state index contributed by atoms with van der Waals surface area (Å²) in [5, 5.41) is 0. The first-order chi connectivity index (χ1) is 14.7. The van der Waals surface area contributed by atoms with Crippen LogP contribution in [0.2, 0.25) is 0 Å². The number of piperidine rings is 1. The van der Waals surface area contributed by atoms with Crippen molar-refractivity contribution in [3.05, 3.63) is 88.7 Å². The Morgan fingerprint density at radius 2 is 1.37 bits per heavy atom. The van der Waals surface area contributed by atoms with Crippen molar-refractivity contribution in [3.8, 4) is 5.75 Å². The lowest BCUT2D eigenvalue weighted by Crippen LogP contribution is -2.51. The summed E-state index contributed by atoms with van der Waals surface area (Å²) in [6, 6.07) is 17.8. The second kappa shape index (κ2) is 9.09. The van der Waals surface area contributed by atoms with Crippen LogP contribution in [-0.2, 0) is 10.3 Å². The molecule has 0 aromatic heterocycles. The van der Waals surface area contributed by atoms with E-state index in [2.05, 4.69) is 72.5 Å². The summed E-state index contributed by atoms with van der Waals surface area (Å²) in [7, 11) is 3.50. The maximum atomic E-state index is 5.54. The van der Waals surface area contributed by atoms with Gasteiger partial charge in [-0.1, -0.05) is 54.5 Å². The quantitative estimate of drug-likeness (QED) is 0.592. The van der Waals surface area contributed by atoms with Gasteiger partial charge in [0.25, 0.3) is 0 Å². The monoisotopic (exact) mass is 403 g/mol. The summed E-state index contributed by atoms with van der Waals surface area (Å²) < 4.78 is 11.0. The van der Waals surface area contributed by atoms with Gasteiger partial charge in [0, 0.05) is 6.42 Å². The molecule has 4 rings (SSSR count). The number of hydrogen-bond donors (Lipinski definition) is 0. The molecule has 1 fully saturated rings. The van der Waals surface area contributed by atoms with E-state index in [-0.39, 0.29) is 5.54 Å². The van der Waals surface area contributed by atoms with Crippen molar-refractivity contribution in [3.63, 3.8) is 0 Å². The van der Waals surface area contributed by atoms with Crippen LogP contribution in [0.3, 0.4) is 0 Å². The molecule has 0 N–H and O–H groups in total. The minimum Gasteiger partial charge on any atom is -0.501 e. The van der Waals surface area contributed by atoms with Gasteiger partial charge >= 0.3 is 0 Å². The lowest BCUT2D eigenvalue weighted by atomic mass is 9.71. The number of rotatable bonds is 6. The Morgan fingerprint density at radius 3 is 1.90 bits per heavy atom. The molecule has 0 amide bonds. The molecular formula is C27H33NO2. The van der Waals surface area contributed by atoms with Crippen molar-refractivity contribution in [2.45, 2.75) is 44.6 Å². The summed E-state index contributed by atoms with van der Waals surface area (Å²) in [6.45, 7) is 4.38. The Balaban J connectivity index is 1.95. The van der Waals surface area contributed by atoms with E-state index in [0.717, 1.165) is 37.4 Å². The molecule has 3 heteroatoms. The molecule has 2 aromatic rings. The highest BCUT2D eigenvalue weighted by molar-refractivity contribution is 5.51. The number of methoxy groups -OCH3 is 2. The smallest absolute Gasteiger partial charge is 0.118 e. The Bertz CT molecular complexity index is 905. The van der Waals surface area contributed by atoms with Gasteiger partial charge in [-0.05, 0) is 74.2 Å². The number of likely N-dealkylation sites (tertiary alicyclic amines) is 1. The molecule has 0 spiro atoms. The van der Waals surface area contributed by atoms with Gasteiger partial charge < -0.3 is 9.47 Å². The summed E-state index contributed by atoms with van der Waals surface area (Å²) in [5.41, 5.74) is 5.13. The lowest BCUT2D eigenvalue weighted by molar-refractivity contribution is 0.120. The van der Waals surface area contributed by atoms with E-state index in [9.17, 15) is 0 Å². The van der Waals surface area contributed by atoms with E-state index in [0.29, 0.717) is 0 Å². The van der Waals surface area contributed by atoms with Crippen LogP contribution in [-0.4, -0.2) is 32.2 Å². The largest absolute Gasteiger partial charge is 0.501 e. The second-order valence-electron chi connectivity index (χ2n) is 8.38. The van der Waals surface area contributed by atoms with Gasteiger partial charge in [-0.25, -0.2) is 0 Å². The van der Waals surface area contributed by atoms with Gasteiger partial charge in [-0.3, -0.25) is 4.90 Å². The molecule has 30 heavy (non-hydrogen) atoms. The van der Waals surface area contributed by atoms with E-state index >= 15 is 0 Å². The highest BCUT2D eigenvalue weighted by Gasteiger charge is 2.44. The first-order valence-electron chi connectivity index (χ1n) is 11.1. The van der Waals surface area contributed by atoms with Crippen LogP contribution in [0.25, 0.3) is 0 Å². The highest BCUT2D eigenvalue weighted by Crippen LogP contribution is 2.47. The van der Waals surface area contributed by atoms with Gasteiger partial charge in [-0.15, -0.1) is 0 Å². The maximum Gasteiger partial charge on any atom is 0.118 e. The SMILES string of the molecule is COC1=CC=C(C(c2ccc(C)cc2)(c2ccc(OC)cc2)N2CCCCC2)CC1. The van der Waals surface area contributed by atoms with E-state index in [1.807, 2.05) is 0 Å². The summed E-state index contributed by atoms with van der Waals surface area (Å²) >= 11 is 0. The molecule has 1 heterocycles. The molecule has 0 bridgehead atoms. The van der Waals surface area contributed by atoms with E-state index in [4.69, 9.17) is 9.47 Å². The zero-order valence-electron chi connectivity index (χ0n) is 18.5. The third kappa shape index (κ3) is 3.79. The van der Waals surface area contributed by atoms with Crippen LogP contribution in [0, 0.1) is 6.92 Å². The maximum absolute atomic E-state index is 5.54. The lowest BCUT2D eigenvalue weighted by Gasteiger charge is -2.49. The molecule has 2 aromatic carbocycles. The molecule has 0 saturated carbocycles. The minimum atomic E-state index is -0.268. The molecule has 1 saturated heterocycles. The third-order valence-corrected chi connectivity index (χ3v) is 6.65. The predicted molar refractivity (Wildman–Crippen MR) is 123 cm³/mol. The van der Waals surface area contributed by atoms with Crippen LogP contribution in [0.5, 0.6) is 5.75 Å². The van der Waals surface area contributed by atoms with Crippen LogP contribution < -0.4 is 4.74 Å². The van der Waals surface area contributed by atoms with Gasteiger partial charge in [0.1, 0.15) is 5.75 Å². The Labute approximate surface area is 181 Å². The number of benzene rings is 2. The first-order valence-corrected chi connectivity index (χ1v) is 11.1. The van der Waals surface area contributed by atoms with Gasteiger partial charge in [0.05, 0.1) is 25.5 Å². The molecule has 1 aliphatic carbocycles. The second-order valence-corrected chi connectivity index (χ2v) is 8.38. The fourth-order valence-electron chi connectivity index (χ4n) is 5.05. The average Bonchev–Trinajstić information content (AvgIpc) is 2.82. The van der Waals surface area contributed by atoms with Crippen molar-refractivity contribution in [2.75, 3.05) is 27.3 Å². The molecule has 0 radical (unpaired) electrons. The van der Waals surface area contributed by atoms with Crippen molar-refractivity contribution >= 4 is 0 Å². The third-order valence-electron chi connectivity index (χ3n) is 6.65. The predicted octanol–water partition coefficient (Wildman–Crippen LogP) is 5.98. The number of allylic oxidation sites excluding steroid dienone is 3. The van der Waals surface area contributed by atoms with Gasteiger partial charge in [0.2, 0.25) is 0 Å². The van der Waals surface area contributed by atoms with Crippen molar-refractivity contribution < 1.29 is 9.47 Å². The van der Waals surface area contributed by atoms with Crippen LogP contribution >= 0.6 is 0 Å². The molecule has 2 aliphatic rings. The summed E-state index contributed by atoms with van der Waals surface area (Å²) in [5.74, 6) is 1.96. The molecule has 158 valence electrons. The minimum absolute atomic E-state index is 0.268. The molecule has 1 unspecified atom stereocenters. The Morgan fingerprint density at radius 1 is 0.733 bits per heavy atom. The Hall–Kier alpha value is -2.52. The number of aryl methyl sites for hydroxylation is 1. The highest BCUT2D eigenvalue weighted by atomic mass is 16.5. The molecule has 1 aliphatic heterocycles. The average molecular weight is 404 g/mol. The van der Waals surface area contributed by atoms with Crippen molar-refractivity contribution in [1.82, 2.24) is 4.90 Å². The number of nitrogens with zero attached hydrogens (tertiary/aromatic N) is 1. The van der Waals surface area contributed by atoms with E-state index < -0.39 is 0 Å². The Kier molecular flexibility index (Phi) is 6.29. The fraction of sp³-hybridized carbons (Fsp3) is 0.407. The number of ether oxygens (including phenoxy) is 2. The van der Waals surface area contributed by atoms with E-state index in [1.54, 1.807) is 14.2 Å². The molecular weight excluding hydrogens is 370 g/mol. The van der Waals surface area contributed by atoms with E-state index in [1.165, 1.54) is 41.5 Å². The first kappa shape index (κ1) is 20.7. The molecule has 1 atom stereocenters. The van der Waals surface area contributed by atoms with Crippen molar-refractivity contribution in [2.24, 2.45) is 0 Å². The van der Waals surface area contributed by atoms with Gasteiger partial charge in [-0.2, -0.15) is 0 Å². The summed E-state index contributed by atoms with van der Waals surface area (Å²) in [4.78, 5) is 2.71. The van der Waals surface area contributed by atoms with Gasteiger partial charge in [0.15, 0.2) is 0 Å². The zero-order chi connectivity index (χ0) is 21.0. The summed E-state index contributed by atoms with van der Waals surface area (Å²) in [6.07, 6.45) is 10.2. The topological polar surface area (TPSA) is 21.7 Å². The van der Waals surface area contributed by atoms with Crippen LogP contribution in [0.4, 0.5) is 0 Å². The standard InChI is InChI=1S/C27H33NO2/c1-21-7-9-22(10-8-21)27(28-19-5-4-6-20-28,23-11-15-25(29-2)16-12-23)24-13-17-26(30-3)18-14-24/h7-13,15-17H,4-6,14,18-20H2,1-3H3. The van der Waals surface area contributed by atoms with Crippen molar-refractivity contribution in [1.29, 1.82) is 0 Å². The zero-order valence-corrected chi connectivity index (χ0v) is 18.5. The van der Waals surface area contributed by atoms with Crippen LogP contribution in [0.1, 0.15) is 48.8 Å². The van der Waals surface area contributed by atoms with Crippen LogP contribution in [0.15, 0.2) is 72.0 Å². The number of hydrogen-bond acceptors (Lipinski definition) is 3.